The number of hydrogen-bond acceptors (Lipinski definition) is 5. The molecule has 0 atom stereocenters. The normalized spacial score (nSPS) is 15.4. The third-order valence-electron chi connectivity index (χ3n) is 4.32. The van der Waals surface area contributed by atoms with E-state index in [0.717, 1.165) is 29.3 Å². The van der Waals surface area contributed by atoms with Crippen LogP contribution in [0, 0.1) is 6.92 Å². The standard InChI is InChI=1S/C22H23NO4S/c1-4-11-23-21(24)20(28-22(23)25)13-17-9-10-18(19(12-17)26-3)27-14-16-7-5-15(2)6-8-16/h5-10,12-13H,4,11,14H2,1-3H3/b20-13-. The molecule has 0 aromatic heterocycles. The van der Waals surface area contributed by atoms with Gasteiger partial charge in [-0.1, -0.05) is 42.8 Å². The average Bonchev–Trinajstić information content (AvgIpc) is 2.96. The Morgan fingerprint density at radius 3 is 2.50 bits per heavy atom. The van der Waals surface area contributed by atoms with E-state index in [4.69, 9.17) is 9.47 Å². The third-order valence-corrected chi connectivity index (χ3v) is 5.23. The number of amides is 2. The predicted molar refractivity (Wildman–Crippen MR) is 111 cm³/mol. The van der Waals surface area contributed by atoms with Crippen LogP contribution in [0.3, 0.4) is 0 Å². The van der Waals surface area contributed by atoms with Crippen LogP contribution in [0.1, 0.15) is 30.0 Å². The topological polar surface area (TPSA) is 55.8 Å². The van der Waals surface area contributed by atoms with Crippen molar-refractivity contribution in [3.63, 3.8) is 0 Å². The van der Waals surface area contributed by atoms with E-state index >= 15 is 0 Å². The maximum absolute atomic E-state index is 12.4. The summed E-state index contributed by atoms with van der Waals surface area (Å²) in [5.41, 5.74) is 3.05. The van der Waals surface area contributed by atoms with E-state index in [-0.39, 0.29) is 11.1 Å². The second-order valence-corrected chi connectivity index (χ2v) is 7.51. The molecule has 1 aliphatic heterocycles. The van der Waals surface area contributed by atoms with Crippen molar-refractivity contribution in [2.45, 2.75) is 26.9 Å². The van der Waals surface area contributed by atoms with Gasteiger partial charge in [-0.25, -0.2) is 0 Å². The summed E-state index contributed by atoms with van der Waals surface area (Å²) < 4.78 is 11.3. The number of ether oxygens (including phenoxy) is 2. The number of methoxy groups -OCH3 is 1. The summed E-state index contributed by atoms with van der Waals surface area (Å²) >= 11 is 0.969. The molecule has 1 fully saturated rings. The summed E-state index contributed by atoms with van der Waals surface area (Å²) in [5, 5.41) is -0.219. The third kappa shape index (κ3) is 4.57. The van der Waals surface area contributed by atoms with Gasteiger partial charge in [-0.2, -0.15) is 0 Å². The lowest BCUT2D eigenvalue weighted by Gasteiger charge is -2.12. The zero-order valence-corrected chi connectivity index (χ0v) is 17.0. The fourth-order valence-corrected chi connectivity index (χ4v) is 3.67. The van der Waals surface area contributed by atoms with Crippen molar-refractivity contribution in [2.24, 2.45) is 0 Å². The van der Waals surface area contributed by atoms with E-state index in [9.17, 15) is 9.59 Å². The quantitative estimate of drug-likeness (QED) is 0.614. The van der Waals surface area contributed by atoms with Crippen molar-refractivity contribution in [2.75, 3.05) is 13.7 Å². The van der Waals surface area contributed by atoms with Gasteiger partial charge in [-0.15, -0.1) is 0 Å². The van der Waals surface area contributed by atoms with Crippen LogP contribution in [0.2, 0.25) is 0 Å². The van der Waals surface area contributed by atoms with Crippen molar-refractivity contribution in [1.82, 2.24) is 4.90 Å². The van der Waals surface area contributed by atoms with Gasteiger partial charge in [0, 0.05) is 6.54 Å². The lowest BCUT2D eigenvalue weighted by Crippen LogP contribution is -2.28. The second kappa shape index (κ2) is 8.97. The maximum atomic E-state index is 12.4. The molecule has 146 valence electrons. The SMILES string of the molecule is CCCN1C(=O)S/C(=C\c2ccc(OCc3ccc(C)cc3)c(OC)c2)C1=O. The molecule has 28 heavy (non-hydrogen) atoms. The number of carbonyl (C=O) groups excluding carboxylic acids is 2. The van der Waals surface area contributed by atoms with Gasteiger partial charge in [0.2, 0.25) is 0 Å². The molecule has 0 aliphatic carbocycles. The zero-order valence-electron chi connectivity index (χ0n) is 16.2. The predicted octanol–water partition coefficient (Wildman–Crippen LogP) is 5.03. The lowest BCUT2D eigenvalue weighted by atomic mass is 10.1. The number of benzene rings is 2. The molecule has 1 heterocycles. The largest absolute Gasteiger partial charge is 0.493 e. The molecule has 0 bridgehead atoms. The van der Waals surface area contributed by atoms with Gasteiger partial charge >= 0.3 is 0 Å². The Hall–Kier alpha value is -2.73. The highest BCUT2D eigenvalue weighted by Crippen LogP contribution is 2.34. The highest BCUT2D eigenvalue weighted by atomic mass is 32.2. The van der Waals surface area contributed by atoms with Crippen LogP contribution in [0.4, 0.5) is 4.79 Å². The average molecular weight is 397 g/mol. The Morgan fingerprint density at radius 2 is 1.82 bits per heavy atom. The van der Waals surface area contributed by atoms with Crippen molar-refractivity contribution in [1.29, 1.82) is 0 Å². The first kappa shape index (κ1) is 20.0. The minimum Gasteiger partial charge on any atom is -0.493 e. The van der Waals surface area contributed by atoms with Crippen LogP contribution >= 0.6 is 11.8 Å². The number of rotatable bonds is 7. The Bertz CT molecular complexity index is 905. The molecule has 0 unspecified atom stereocenters. The molecule has 5 nitrogen and oxygen atoms in total. The van der Waals surface area contributed by atoms with Gasteiger partial charge in [-0.3, -0.25) is 14.5 Å². The van der Waals surface area contributed by atoms with Crippen molar-refractivity contribution < 1.29 is 19.1 Å². The molecule has 0 radical (unpaired) electrons. The molecule has 0 spiro atoms. The van der Waals surface area contributed by atoms with E-state index in [1.165, 1.54) is 10.5 Å². The molecule has 3 rings (SSSR count). The minimum absolute atomic E-state index is 0.219. The lowest BCUT2D eigenvalue weighted by molar-refractivity contribution is -0.122. The second-order valence-electron chi connectivity index (χ2n) is 6.52. The fraction of sp³-hybridized carbons (Fsp3) is 0.273. The van der Waals surface area contributed by atoms with Crippen LogP contribution < -0.4 is 9.47 Å². The Labute approximate surface area is 169 Å². The summed E-state index contributed by atoms with van der Waals surface area (Å²) in [5.74, 6) is 0.962. The van der Waals surface area contributed by atoms with Crippen molar-refractivity contribution >= 4 is 29.0 Å². The number of hydrogen-bond donors (Lipinski definition) is 0. The van der Waals surface area contributed by atoms with Gasteiger partial charge in [0.1, 0.15) is 6.61 Å². The molecule has 0 N–H and O–H groups in total. The molecule has 6 heteroatoms. The van der Waals surface area contributed by atoms with Crippen LogP contribution in [0.5, 0.6) is 11.5 Å². The van der Waals surface area contributed by atoms with E-state index in [1.807, 2.05) is 50.2 Å². The van der Waals surface area contributed by atoms with E-state index in [2.05, 4.69) is 0 Å². The Balaban J connectivity index is 1.75. The fourth-order valence-electron chi connectivity index (χ4n) is 2.81. The number of carbonyl (C=O) groups is 2. The van der Waals surface area contributed by atoms with Crippen LogP contribution in [-0.2, 0) is 11.4 Å². The van der Waals surface area contributed by atoms with Crippen LogP contribution in [-0.4, -0.2) is 29.7 Å². The van der Waals surface area contributed by atoms with Crippen LogP contribution in [0.25, 0.3) is 6.08 Å². The number of nitrogens with zero attached hydrogens (tertiary/aromatic N) is 1. The minimum atomic E-state index is -0.240. The van der Waals surface area contributed by atoms with Gasteiger partial charge in [0.15, 0.2) is 11.5 Å². The molecular formula is C22H23NO4S. The molecule has 2 aromatic carbocycles. The van der Waals surface area contributed by atoms with E-state index < -0.39 is 0 Å². The summed E-state index contributed by atoms with van der Waals surface area (Å²) in [7, 11) is 1.58. The van der Waals surface area contributed by atoms with Crippen LogP contribution in [0.15, 0.2) is 47.4 Å². The maximum Gasteiger partial charge on any atom is 0.293 e. The molecule has 2 amide bonds. The first-order valence-corrected chi connectivity index (χ1v) is 9.95. The summed E-state index contributed by atoms with van der Waals surface area (Å²) in [4.78, 5) is 26.1. The highest BCUT2D eigenvalue weighted by molar-refractivity contribution is 8.18. The highest BCUT2D eigenvalue weighted by Gasteiger charge is 2.34. The Kier molecular flexibility index (Phi) is 6.41. The first-order valence-electron chi connectivity index (χ1n) is 9.13. The summed E-state index contributed by atoms with van der Waals surface area (Å²) in [6.45, 7) is 4.86. The monoisotopic (exact) mass is 397 g/mol. The molecule has 1 saturated heterocycles. The first-order chi connectivity index (χ1) is 13.5. The smallest absolute Gasteiger partial charge is 0.293 e. The van der Waals surface area contributed by atoms with Gasteiger partial charge in [0.25, 0.3) is 11.1 Å². The van der Waals surface area contributed by atoms with Crippen molar-refractivity contribution in [3.8, 4) is 11.5 Å². The molecule has 2 aromatic rings. The molecular weight excluding hydrogens is 374 g/mol. The van der Waals surface area contributed by atoms with Crippen molar-refractivity contribution in [3.05, 3.63) is 64.1 Å². The van der Waals surface area contributed by atoms with Gasteiger partial charge in [-0.05, 0) is 54.4 Å². The van der Waals surface area contributed by atoms with Gasteiger partial charge in [0.05, 0.1) is 12.0 Å². The summed E-state index contributed by atoms with van der Waals surface area (Å²) in [6.07, 6.45) is 2.46. The van der Waals surface area contributed by atoms with Gasteiger partial charge < -0.3 is 9.47 Å². The number of aryl methyl sites for hydroxylation is 1. The molecule has 0 saturated carbocycles. The van der Waals surface area contributed by atoms with E-state index in [1.54, 1.807) is 19.3 Å². The zero-order chi connectivity index (χ0) is 20.1. The Morgan fingerprint density at radius 1 is 1.07 bits per heavy atom. The number of imide groups is 1. The van der Waals surface area contributed by atoms with E-state index in [0.29, 0.717) is 29.6 Å². The molecule has 1 aliphatic rings. The summed E-state index contributed by atoms with van der Waals surface area (Å²) in [6, 6.07) is 13.6. The number of thioether (sulfide) groups is 1.